The number of carbonyl (C=O) groups is 4. The summed E-state index contributed by atoms with van der Waals surface area (Å²) in [7, 11) is -2.84. The van der Waals surface area contributed by atoms with E-state index in [2.05, 4.69) is 30.1 Å². The Labute approximate surface area is 328 Å². The molecule has 1 saturated heterocycles. The van der Waals surface area contributed by atoms with Gasteiger partial charge in [0, 0.05) is 18.4 Å². The zero-order chi connectivity index (χ0) is 42.4. The number of hydrogen-bond acceptors (Lipinski definition) is 11. The Morgan fingerprint density at radius 3 is 2.43 bits per heavy atom. The number of halogens is 6. The van der Waals surface area contributed by atoms with Crippen LogP contribution in [0.1, 0.15) is 77.3 Å². The quantitative estimate of drug-likeness (QED) is 0.251. The molecule has 58 heavy (non-hydrogen) atoms. The lowest BCUT2D eigenvalue weighted by Crippen LogP contribution is -2.58. The minimum atomic E-state index is -5.08. The van der Waals surface area contributed by atoms with Crippen LogP contribution in [0.2, 0.25) is 0 Å². The number of nitrogens with one attached hydrogen (secondary N) is 3. The van der Waals surface area contributed by atoms with Crippen molar-refractivity contribution in [3.05, 3.63) is 36.0 Å². The number of aromatic nitrogens is 2. The molecule has 2 aliphatic carbocycles. The van der Waals surface area contributed by atoms with E-state index in [1.54, 1.807) is 12.2 Å². The number of allylic oxidation sites excluding steroid dienone is 1. The number of carbonyl (C=O) groups excluding carboxylic acids is 4. The average Bonchev–Trinajstić information content (AvgIpc) is 4.02. The molecule has 3 fully saturated rings. The van der Waals surface area contributed by atoms with Crippen LogP contribution >= 0.6 is 0 Å². The molecule has 6 atom stereocenters. The summed E-state index contributed by atoms with van der Waals surface area (Å²) in [6, 6.07) is 0.771. The number of amides is 4. The topological polar surface area (TPSA) is 195 Å². The highest BCUT2D eigenvalue weighted by atomic mass is 32.2. The van der Waals surface area contributed by atoms with Gasteiger partial charge in [0.25, 0.3) is 5.91 Å². The van der Waals surface area contributed by atoms with E-state index in [4.69, 9.17) is 9.47 Å². The summed E-state index contributed by atoms with van der Waals surface area (Å²) in [6.45, 7) is 1.46. The van der Waals surface area contributed by atoms with Crippen molar-refractivity contribution in [1.29, 1.82) is 0 Å². The van der Waals surface area contributed by atoms with Gasteiger partial charge in [-0.3, -0.25) is 19.1 Å². The number of fused-ring (bicyclic) bond motifs is 3. The van der Waals surface area contributed by atoms with Crippen LogP contribution in [-0.4, -0.2) is 102 Å². The van der Waals surface area contributed by atoms with Crippen molar-refractivity contribution >= 4 is 44.9 Å². The minimum absolute atomic E-state index is 0.0214. The zero-order valence-electron chi connectivity index (χ0n) is 31.5. The molecular formula is C36H42F6N6O9S. The third-order valence-electron chi connectivity index (χ3n) is 10.9. The van der Waals surface area contributed by atoms with Crippen molar-refractivity contribution < 1.29 is 68.1 Å². The fraction of sp³-hybridized carbons (Fsp3) is 0.611. The van der Waals surface area contributed by atoms with Gasteiger partial charge in [-0.15, -0.1) is 0 Å². The minimum Gasteiger partial charge on any atom is -0.497 e. The van der Waals surface area contributed by atoms with Gasteiger partial charge < -0.3 is 29.7 Å². The molecule has 4 amide bonds. The number of ether oxygens (including phenoxy) is 3. The van der Waals surface area contributed by atoms with Crippen molar-refractivity contribution in [2.45, 2.75) is 119 Å². The normalized spacial score (nSPS) is 27.4. The summed E-state index contributed by atoms with van der Waals surface area (Å²) in [5, 5.41) is 4.76. The third kappa shape index (κ3) is 9.05. The summed E-state index contributed by atoms with van der Waals surface area (Å²) in [5.41, 5.74) is -3.50. The average molecular weight is 849 g/mol. The number of rotatable bonds is 8. The first-order valence-corrected chi connectivity index (χ1v) is 20.0. The molecule has 0 radical (unpaired) electrons. The summed E-state index contributed by atoms with van der Waals surface area (Å²) >= 11 is 0. The highest BCUT2D eigenvalue weighted by molar-refractivity contribution is 7.91. The molecule has 0 spiro atoms. The molecule has 3 N–H and O–H groups in total. The molecule has 0 bridgehead atoms. The fourth-order valence-corrected chi connectivity index (χ4v) is 8.23. The monoisotopic (exact) mass is 848 g/mol. The first kappa shape index (κ1) is 42.7. The lowest BCUT2D eigenvalue weighted by Gasteiger charge is -2.30. The van der Waals surface area contributed by atoms with Gasteiger partial charge in [0.05, 0.1) is 29.4 Å². The van der Waals surface area contributed by atoms with Gasteiger partial charge in [-0.2, -0.15) is 26.3 Å². The lowest BCUT2D eigenvalue weighted by atomic mass is 10.0. The van der Waals surface area contributed by atoms with Gasteiger partial charge in [0.2, 0.25) is 33.4 Å². The highest BCUT2D eigenvalue weighted by Gasteiger charge is 2.63. The van der Waals surface area contributed by atoms with E-state index in [0.29, 0.717) is 39.0 Å². The van der Waals surface area contributed by atoms with Crippen LogP contribution in [0.25, 0.3) is 11.0 Å². The van der Waals surface area contributed by atoms with Gasteiger partial charge in [0.15, 0.2) is 6.10 Å². The molecule has 1 aromatic carbocycles. The van der Waals surface area contributed by atoms with Gasteiger partial charge in [0.1, 0.15) is 29.5 Å². The molecule has 2 aliphatic heterocycles. The predicted octanol–water partition coefficient (Wildman–Crippen LogP) is 4.44. The Morgan fingerprint density at radius 2 is 1.78 bits per heavy atom. The molecule has 22 heteroatoms. The molecule has 2 aromatic rings. The van der Waals surface area contributed by atoms with Crippen LogP contribution in [0, 0.1) is 5.92 Å². The summed E-state index contributed by atoms with van der Waals surface area (Å²) in [6.07, 6.45) is -10.4. The van der Waals surface area contributed by atoms with Crippen LogP contribution < -0.4 is 24.8 Å². The molecule has 6 rings (SSSR count). The third-order valence-corrected chi connectivity index (χ3v) is 13.1. The molecule has 3 heterocycles. The van der Waals surface area contributed by atoms with Crippen LogP contribution in [-0.2, 0) is 35.3 Å². The van der Waals surface area contributed by atoms with Crippen molar-refractivity contribution in [3.63, 3.8) is 0 Å². The number of sulfonamides is 1. The van der Waals surface area contributed by atoms with Crippen molar-refractivity contribution in [2.75, 3.05) is 13.7 Å². The predicted molar refractivity (Wildman–Crippen MR) is 190 cm³/mol. The van der Waals surface area contributed by atoms with Crippen molar-refractivity contribution in [2.24, 2.45) is 5.92 Å². The van der Waals surface area contributed by atoms with Gasteiger partial charge in [-0.1, -0.05) is 25.0 Å². The molecule has 2 saturated carbocycles. The maximum atomic E-state index is 14.3. The lowest BCUT2D eigenvalue weighted by molar-refractivity contribution is -0.197. The number of alkyl carbamates (subject to hydrolysis) is 1. The number of nitrogens with zero attached hydrogens (tertiary/aromatic N) is 3. The van der Waals surface area contributed by atoms with E-state index >= 15 is 0 Å². The first-order chi connectivity index (χ1) is 27.1. The molecule has 318 valence electrons. The van der Waals surface area contributed by atoms with Crippen molar-refractivity contribution in [3.8, 4) is 11.6 Å². The van der Waals surface area contributed by atoms with Crippen LogP contribution in [0.15, 0.2) is 30.4 Å². The molecule has 1 aromatic heterocycles. The van der Waals surface area contributed by atoms with E-state index in [1.807, 2.05) is 0 Å². The summed E-state index contributed by atoms with van der Waals surface area (Å²) in [5.74, 6) is -4.44. The van der Waals surface area contributed by atoms with E-state index in [0.717, 1.165) is 4.90 Å². The van der Waals surface area contributed by atoms with E-state index in [1.165, 1.54) is 32.2 Å². The molecule has 4 aliphatic rings. The number of benzene rings is 1. The Balaban J connectivity index is 1.34. The van der Waals surface area contributed by atoms with Crippen LogP contribution in [0.4, 0.5) is 31.1 Å². The standard InChI is InChI=1S/C36H42F6N6O9S/c1-19(35(37,38)39)56-32(52)45-24-10-8-6-4-5-7-9-20-17-34(20,31(51)47-58(53,54)33(2)13-14-33)46-28(49)26-16-22(18-48(26)30(24)50)57-29-27(36(40,41)42)43-23-12-11-21(55-3)15-25(23)44-29/h7,9,11-12,15,19-20,22,24,26H,4-6,8,10,13-14,16-18H2,1-3H3,(H,45,52)(H,46,49)(H,47,51)/b9-7-/t19-,20?,22-,24+,26+,34?/m1/s1. The summed E-state index contributed by atoms with van der Waals surface area (Å²) < 4.78 is 125. The second kappa shape index (κ2) is 15.7. The number of hydrogen-bond donors (Lipinski definition) is 3. The van der Waals surface area contributed by atoms with Gasteiger partial charge in [-0.25, -0.2) is 23.2 Å². The Hall–Kier alpha value is -4.89. The SMILES string of the molecule is COc1ccc2nc(C(F)(F)F)c(O[C@@H]3C[C@H]4C(=O)NC5(C(=O)NS(=O)(=O)C6(C)CC6)CC5/C=C\CCCCC[C@H](NC(=O)O[C@H](C)C(F)(F)F)C(=O)N4C3)nc2c1. The fourth-order valence-electron chi connectivity index (χ4n) is 6.92. The second-order valence-corrected chi connectivity index (χ2v) is 17.4. The zero-order valence-corrected chi connectivity index (χ0v) is 32.4. The molecule has 2 unspecified atom stereocenters. The van der Waals surface area contributed by atoms with Crippen LogP contribution in [0.3, 0.4) is 0 Å². The van der Waals surface area contributed by atoms with Crippen molar-refractivity contribution in [1.82, 2.24) is 30.2 Å². The maximum Gasteiger partial charge on any atom is 0.438 e. The maximum absolute atomic E-state index is 14.3. The van der Waals surface area contributed by atoms with Crippen LogP contribution in [0.5, 0.6) is 11.6 Å². The van der Waals surface area contributed by atoms with Gasteiger partial charge in [-0.05, 0) is 64.5 Å². The number of alkyl halides is 6. The second-order valence-electron chi connectivity index (χ2n) is 15.2. The first-order valence-electron chi connectivity index (χ1n) is 18.6. The Morgan fingerprint density at radius 1 is 1.05 bits per heavy atom. The van der Waals surface area contributed by atoms with E-state index in [-0.39, 0.29) is 36.0 Å². The Bertz CT molecular complexity index is 2100. The van der Waals surface area contributed by atoms with Gasteiger partial charge >= 0.3 is 18.4 Å². The summed E-state index contributed by atoms with van der Waals surface area (Å²) in [4.78, 5) is 63.7. The smallest absolute Gasteiger partial charge is 0.438 e. The highest BCUT2D eigenvalue weighted by Crippen LogP contribution is 2.48. The molecular weight excluding hydrogens is 806 g/mol. The van der Waals surface area contributed by atoms with E-state index < -0.39 is 111 Å². The Kier molecular flexibility index (Phi) is 11.6. The molecule has 15 nitrogen and oxygen atoms in total. The largest absolute Gasteiger partial charge is 0.497 e. The van der Waals surface area contributed by atoms with E-state index in [9.17, 15) is 53.9 Å². The number of methoxy groups -OCH3 is 1.